The molecular formula is C20H25S2+. The van der Waals surface area contributed by atoms with E-state index in [0.29, 0.717) is 10.9 Å². The molecule has 1 heterocycles. The monoisotopic (exact) mass is 329 g/mol. The quantitative estimate of drug-likeness (QED) is 0.619. The fourth-order valence-electron chi connectivity index (χ4n) is 3.72. The van der Waals surface area contributed by atoms with E-state index in [0.717, 1.165) is 5.25 Å². The zero-order valence-electron chi connectivity index (χ0n) is 13.2. The second-order valence-electron chi connectivity index (χ2n) is 6.66. The summed E-state index contributed by atoms with van der Waals surface area (Å²) in [7, 11) is 0.537. The van der Waals surface area contributed by atoms with Gasteiger partial charge in [0.25, 0.3) is 0 Å². The lowest BCUT2D eigenvalue weighted by atomic mass is 10.0. The van der Waals surface area contributed by atoms with Gasteiger partial charge in [-0.2, -0.15) is 0 Å². The average molecular weight is 330 g/mol. The van der Waals surface area contributed by atoms with Crippen molar-refractivity contribution in [3.8, 4) is 0 Å². The lowest BCUT2D eigenvalue weighted by Crippen LogP contribution is -2.07. The Balaban J connectivity index is 1.54. The fraction of sp³-hybridized carbons (Fsp3) is 0.500. The Morgan fingerprint density at radius 1 is 0.773 bits per heavy atom. The summed E-state index contributed by atoms with van der Waals surface area (Å²) >= 11 is 2.11. The molecule has 0 aromatic heterocycles. The third-order valence-electron chi connectivity index (χ3n) is 5.00. The molecule has 2 heteroatoms. The molecule has 0 unspecified atom stereocenters. The van der Waals surface area contributed by atoms with Gasteiger partial charge in [0.2, 0.25) is 0 Å². The Kier molecular flexibility index (Phi) is 4.68. The molecule has 1 aliphatic heterocycles. The van der Waals surface area contributed by atoms with Crippen LogP contribution in [0.25, 0.3) is 10.8 Å². The van der Waals surface area contributed by atoms with Crippen LogP contribution in [0.2, 0.25) is 0 Å². The van der Waals surface area contributed by atoms with Gasteiger partial charge in [-0.05, 0) is 60.7 Å². The fourth-order valence-corrected chi connectivity index (χ4v) is 7.35. The number of fused-ring (bicyclic) bond motifs is 1. The van der Waals surface area contributed by atoms with Crippen molar-refractivity contribution in [1.82, 2.24) is 0 Å². The molecule has 1 saturated heterocycles. The van der Waals surface area contributed by atoms with Gasteiger partial charge in [-0.1, -0.05) is 25.3 Å². The number of thioether (sulfide) groups is 1. The van der Waals surface area contributed by atoms with Gasteiger partial charge in [0.05, 0.1) is 0 Å². The smallest absolute Gasteiger partial charge is 0.123 e. The van der Waals surface area contributed by atoms with Crippen molar-refractivity contribution in [2.75, 3.05) is 11.5 Å². The van der Waals surface area contributed by atoms with E-state index in [1.54, 1.807) is 4.90 Å². The van der Waals surface area contributed by atoms with Crippen molar-refractivity contribution >= 4 is 33.4 Å². The van der Waals surface area contributed by atoms with Crippen LogP contribution in [0.4, 0.5) is 0 Å². The summed E-state index contributed by atoms with van der Waals surface area (Å²) in [5.41, 5.74) is 0. The van der Waals surface area contributed by atoms with E-state index in [1.165, 1.54) is 72.1 Å². The molecule has 0 spiro atoms. The highest BCUT2D eigenvalue weighted by Gasteiger charge is 2.26. The molecule has 2 aromatic rings. The first-order valence-electron chi connectivity index (χ1n) is 8.76. The van der Waals surface area contributed by atoms with Crippen molar-refractivity contribution in [2.45, 2.75) is 60.0 Å². The van der Waals surface area contributed by atoms with Gasteiger partial charge in [0.1, 0.15) is 11.5 Å². The largest absolute Gasteiger partial charge is 0.155 e. The van der Waals surface area contributed by atoms with Crippen LogP contribution in [0.1, 0.15) is 44.9 Å². The minimum Gasteiger partial charge on any atom is -0.123 e. The lowest BCUT2D eigenvalue weighted by molar-refractivity contribution is 0.516. The van der Waals surface area contributed by atoms with E-state index >= 15 is 0 Å². The topological polar surface area (TPSA) is 0 Å². The van der Waals surface area contributed by atoms with Gasteiger partial charge in [0.15, 0.2) is 4.90 Å². The van der Waals surface area contributed by atoms with Crippen LogP contribution in [-0.4, -0.2) is 16.8 Å². The average Bonchev–Trinajstić information content (AvgIpc) is 3.10. The molecule has 22 heavy (non-hydrogen) atoms. The minimum absolute atomic E-state index is 0.537. The normalized spacial score (nSPS) is 20.7. The van der Waals surface area contributed by atoms with Crippen LogP contribution in [0, 0.1) is 0 Å². The second-order valence-corrected chi connectivity index (χ2v) is 10.3. The summed E-state index contributed by atoms with van der Waals surface area (Å²) in [6.45, 7) is 0. The first-order chi connectivity index (χ1) is 10.9. The van der Waals surface area contributed by atoms with Crippen LogP contribution >= 0.6 is 11.8 Å². The van der Waals surface area contributed by atoms with E-state index in [4.69, 9.17) is 0 Å². The van der Waals surface area contributed by atoms with E-state index in [9.17, 15) is 0 Å². The summed E-state index contributed by atoms with van der Waals surface area (Å²) < 4.78 is 0. The molecule has 2 aliphatic rings. The van der Waals surface area contributed by atoms with Crippen LogP contribution in [0.5, 0.6) is 0 Å². The maximum Gasteiger partial charge on any atom is 0.155 e. The van der Waals surface area contributed by atoms with E-state index in [1.807, 2.05) is 0 Å². The number of benzene rings is 2. The number of rotatable bonds is 3. The summed E-state index contributed by atoms with van der Waals surface area (Å²) in [5, 5.41) is 3.71. The zero-order chi connectivity index (χ0) is 14.8. The molecule has 1 saturated carbocycles. The minimum atomic E-state index is 0.537. The van der Waals surface area contributed by atoms with Crippen molar-refractivity contribution in [1.29, 1.82) is 0 Å². The Morgan fingerprint density at radius 3 is 2.32 bits per heavy atom. The predicted octanol–water partition coefficient (Wildman–Crippen LogP) is 6.04. The lowest BCUT2D eigenvalue weighted by Gasteiger charge is -2.21. The Bertz CT molecular complexity index is 637. The molecule has 4 rings (SSSR count). The number of hydrogen-bond acceptors (Lipinski definition) is 1. The van der Waals surface area contributed by atoms with E-state index in [-0.39, 0.29) is 0 Å². The van der Waals surface area contributed by atoms with Crippen molar-refractivity contribution in [2.24, 2.45) is 0 Å². The molecule has 2 aromatic carbocycles. The van der Waals surface area contributed by atoms with Gasteiger partial charge in [-0.3, -0.25) is 0 Å². The predicted molar refractivity (Wildman–Crippen MR) is 101 cm³/mol. The van der Waals surface area contributed by atoms with Crippen LogP contribution < -0.4 is 0 Å². The van der Waals surface area contributed by atoms with E-state index in [2.05, 4.69) is 48.2 Å². The van der Waals surface area contributed by atoms with Gasteiger partial charge in [0, 0.05) is 27.1 Å². The second kappa shape index (κ2) is 6.88. The van der Waals surface area contributed by atoms with Crippen LogP contribution in [0.15, 0.2) is 46.2 Å². The Labute approximate surface area is 141 Å². The van der Waals surface area contributed by atoms with Gasteiger partial charge >= 0.3 is 0 Å². The molecule has 0 nitrogen and oxygen atoms in total. The summed E-state index contributed by atoms with van der Waals surface area (Å²) in [5.74, 6) is 2.84. The molecule has 0 atom stereocenters. The first-order valence-corrected chi connectivity index (χ1v) is 11.2. The van der Waals surface area contributed by atoms with Gasteiger partial charge < -0.3 is 0 Å². The molecule has 1 aliphatic carbocycles. The van der Waals surface area contributed by atoms with Crippen molar-refractivity contribution in [3.63, 3.8) is 0 Å². The standard InChI is InChI=1S/C20H25S2/c1-2-6-18(7-3-1)21-19-10-8-17-15-20(11-9-16(17)14-19)22-12-4-5-13-22/h8-11,14-15,18H,1-7,12-13H2/q+1. The molecular weight excluding hydrogens is 304 g/mol. The molecule has 0 amide bonds. The zero-order valence-corrected chi connectivity index (χ0v) is 14.9. The van der Waals surface area contributed by atoms with E-state index < -0.39 is 0 Å². The first kappa shape index (κ1) is 15.0. The molecule has 0 radical (unpaired) electrons. The molecule has 2 fully saturated rings. The van der Waals surface area contributed by atoms with Crippen LogP contribution in [-0.2, 0) is 10.9 Å². The number of hydrogen-bond donors (Lipinski definition) is 0. The molecule has 116 valence electrons. The van der Waals surface area contributed by atoms with Crippen molar-refractivity contribution in [3.05, 3.63) is 36.4 Å². The summed E-state index contributed by atoms with van der Waals surface area (Å²) in [6, 6.07) is 14.3. The maximum absolute atomic E-state index is 2.46. The van der Waals surface area contributed by atoms with Crippen molar-refractivity contribution < 1.29 is 0 Å². The maximum atomic E-state index is 2.46. The van der Waals surface area contributed by atoms with Gasteiger partial charge in [-0.25, -0.2) is 0 Å². The molecule has 0 bridgehead atoms. The summed E-state index contributed by atoms with van der Waals surface area (Å²) in [6.07, 6.45) is 9.97. The van der Waals surface area contributed by atoms with Gasteiger partial charge in [-0.15, -0.1) is 11.8 Å². The van der Waals surface area contributed by atoms with Crippen LogP contribution in [0.3, 0.4) is 0 Å². The highest BCUT2D eigenvalue weighted by molar-refractivity contribution is 8.00. The highest BCUT2D eigenvalue weighted by Crippen LogP contribution is 2.35. The SMILES string of the molecule is c1cc2cc([S+]3CCCC3)ccc2cc1SC1CCCCC1. The molecule has 0 N–H and O–H groups in total. The Morgan fingerprint density at radius 2 is 1.50 bits per heavy atom. The third kappa shape index (κ3) is 3.33. The third-order valence-corrected chi connectivity index (χ3v) is 8.82. The highest BCUT2D eigenvalue weighted by atomic mass is 32.2. The Hall–Kier alpha value is -0.600. The summed E-state index contributed by atoms with van der Waals surface area (Å²) in [4.78, 5) is 3.06.